The summed E-state index contributed by atoms with van der Waals surface area (Å²) in [5.74, 6) is -0.163. The second-order valence-corrected chi connectivity index (χ2v) is 9.59. The van der Waals surface area contributed by atoms with Gasteiger partial charge in [-0.15, -0.1) is 0 Å². The Kier molecular flexibility index (Phi) is 5.99. The number of nitrogens with zero attached hydrogens (tertiary/aromatic N) is 4. The molecule has 0 aliphatic carbocycles. The number of piperazine rings is 1. The molecule has 0 radical (unpaired) electrons. The number of fused-ring (bicyclic) bond motifs is 3. The molecular weight excluding hydrogens is 448 g/mol. The fraction of sp³-hybridized carbons (Fsp3) is 0.440. The van der Waals surface area contributed by atoms with Crippen LogP contribution in [-0.2, 0) is 13.1 Å². The van der Waals surface area contributed by atoms with E-state index in [0.717, 1.165) is 41.9 Å². The van der Waals surface area contributed by atoms with E-state index in [0.29, 0.717) is 29.0 Å². The van der Waals surface area contributed by atoms with Crippen molar-refractivity contribution in [3.05, 3.63) is 62.4 Å². The molecule has 2 atom stereocenters. The standard InChI is InChI=1S/C25H30N6O2S/c1-4-30-24(34)19-8-5-16(11-21(19)28-25(30)33)12-31-17-6-7-18(31)14-29(13-17)22-10-9-20(23(32)26-3)27-15(22)2/h5,8-11,17-18H,4,6-7,12-14H2,1-3H3,(H,26,32)(H,28,33). The quantitative estimate of drug-likeness (QED) is 0.549. The molecule has 0 saturated carbocycles. The summed E-state index contributed by atoms with van der Waals surface area (Å²) < 4.78 is 2.18. The first kappa shape index (κ1) is 22.7. The van der Waals surface area contributed by atoms with E-state index in [9.17, 15) is 9.59 Å². The number of benzene rings is 1. The first-order valence-electron chi connectivity index (χ1n) is 11.9. The van der Waals surface area contributed by atoms with Crippen molar-refractivity contribution >= 4 is 34.7 Å². The van der Waals surface area contributed by atoms with Crippen LogP contribution in [0.1, 0.15) is 41.5 Å². The molecule has 2 fully saturated rings. The second-order valence-electron chi connectivity index (χ2n) is 9.20. The molecule has 34 heavy (non-hydrogen) atoms. The van der Waals surface area contributed by atoms with E-state index in [1.54, 1.807) is 17.7 Å². The normalized spacial score (nSPS) is 20.1. The van der Waals surface area contributed by atoms with Crippen LogP contribution in [-0.4, -0.2) is 57.6 Å². The Bertz CT molecular complexity index is 1370. The Morgan fingerprint density at radius 1 is 1.21 bits per heavy atom. The van der Waals surface area contributed by atoms with Gasteiger partial charge in [0.1, 0.15) is 10.3 Å². The third-order valence-corrected chi connectivity index (χ3v) is 7.66. The first-order valence-corrected chi connectivity index (χ1v) is 12.3. The summed E-state index contributed by atoms with van der Waals surface area (Å²) >= 11 is 5.53. The van der Waals surface area contributed by atoms with Gasteiger partial charge in [-0.05, 0) is 56.5 Å². The van der Waals surface area contributed by atoms with E-state index in [2.05, 4.69) is 37.2 Å². The monoisotopic (exact) mass is 478 g/mol. The predicted molar refractivity (Wildman–Crippen MR) is 136 cm³/mol. The molecule has 2 unspecified atom stereocenters. The minimum Gasteiger partial charge on any atom is -0.367 e. The summed E-state index contributed by atoms with van der Waals surface area (Å²) in [5.41, 5.74) is 4.28. The van der Waals surface area contributed by atoms with E-state index in [-0.39, 0.29) is 11.6 Å². The van der Waals surface area contributed by atoms with Crippen LogP contribution in [0.2, 0.25) is 0 Å². The summed E-state index contributed by atoms with van der Waals surface area (Å²) in [7, 11) is 1.62. The lowest BCUT2D eigenvalue weighted by Crippen LogP contribution is -2.53. The third-order valence-electron chi connectivity index (χ3n) is 7.22. The van der Waals surface area contributed by atoms with Gasteiger partial charge in [0.05, 0.1) is 16.9 Å². The van der Waals surface area contributed by atoms with Crippen LogP contribution in [0.4, 0.5) is 5.69 Å². The number of amides is 1. The summed E-state index contributed by atoms with van der Waals surface area (Å²) in [5, 5.41) is 3.55. The van der Waals surface area contributed by atoms with Crippen molar-refractivity contribution in [1.82, 2.24) is 24.8 Å². The third kappa shape index (κ3) is 3.92. The number of anilines is 1. The molecule has 1 aromatic carbocycles. The van der Waals surface area contributed by atoms with Crippen LogP contribution in [0.25, 0.3) is 10.9 Å². The van der Waals surface area contributed by atoms with E-state index < -0.39 is 0 Å². The Morgan fingerprint density at radius 3 is 2.59 bits per heavy atom. The van der Waals surface area contributed by atoms with Gasteiger partial charge >= 0.3 is 5.69 Å². The van der Waals surface area contributed by atoms with Gasteiger partial charge in [0.2, 0.25) is 0 Å². The number of pyridine rings is 1. The molecule has 2 N–H and O–H groups in total. The number of hydrogen-bond donors (Lipinski definition) is 2. The van der Waals surface area contributed by atoms with Crippen molar-refractivity contribution in [2.45, 2.75) is 51.9 Å². The van der Waals surface area contributed by atoms with Crippen LogP contribution >= 0.6 is 12.2 Å². The number of rotatable bonds is 5. The molecule has 1 amide bonds. The lowest BCUT2D eigenvalue weighted by atomic mass is 10.1. The fourth-order valence-corrected chi connectivity index (χ4v) is 5.88. The SMILES string of the molecule is CCn1c(=O)[nH]c2cc(CN3C4CCC3CN(c3ccc(C(=O)NC)nc3C)C4)ccc2c1=S. The Labute approximate surface area is 203 Å². The molecule has 0 spiro atoms. The molecule has 9 heteroatoms. The predicted octanol–water partition coefficient (Wildman–Crippen LogP) is 3.00. The number of nitrogens with one attached hydrogen (secondary N) is 2. The van der Waals surface area contributed by atoms with Gasteiger partial charge in [0.15, 0.2) is 0 Å². The molecule has 2 aliphatic rings. The number of hydrogen-bond acceptors (Lipinski definition) is 6. The molecule has 2 aromatic heterocycles. The van der Waals surface area contributed by atoms with Crippen molar-refractivity contribution in [1.29, 1.82) is 0 Å². The van der Waals surface area contributed by atoms with Crippen LogP contribution in [0.5, 0.6) is 0 Å². The highest BCUT2D eigenvalue weighted by Gasteiger charge is 2.40. The van der Waals surface area contributed by atoms with Crippen molar-refractivity contribution in [3.63, 3.8) is 0 Å². The van der Waals surface area contributed by atoms with Crippen LogP contribution in [0.3, 0.4) is 0 Å². The number of carbonyl (C=O) groups excluding carboxylic acids is 1. The molecule has 2 bridgehead atoms. The maximum atomic E-state index is 12.4. The highest BCUT2D eigenvalue weighted by atomic mass is 32.1. The van der Waals surface area contributed by atoms with Crippen molar-refractivity contribution in [3.8, 4) is 0 Å². The maximum Gasteiger partial charge on any atom is 0.326 e. The van der Waals surface area contributed by atoms with Crippen molar-refractivity contribution in [2.24, 2.45) is 0 Å². The van der Waals surface area contributed by atoms with Crippen LogP contribution in [0, 0.1) is 11.6 Å². The van der Waals surface area contributed by atoms with E-state index in [1.807, 2.05) is 26.0 Å². The Balaban J connectivity index is 1.35. The minimum absolute atomic E-state index is 0.155. The van der Waals surface area contributed by atoms with Gasteiger partial charge in [-0.1, -0.05) is 18.3 Å². The number of aromatic nitrogens is 3. The summed E-state index contributed by atoms with van der Waals surface area (Å²) in [6.07, 6.45) is 2.34. The number of aryl methyl sites for hydroxylation is 1. The molecule has 5 rings (SSSR count). The average molecular weight is 479 g/mol. The molecule has 8 nitrogen and oxygen atoms in total. The highest BCUT2D eigenvalue weighted by Crippen LogP contribution is 2.35. The fourth-order valence-electron chi connectivity index (χ4n) is 5.49. The number of aromatic amines is 1. The van der Waals surface area contributed by atoms with Gasteiger partial charge in [0, 0.05) is 50.7 Å². The zero-order valence-corrected chi connectivity index (χ0v) is 20.6. The largest absolute Gasteiger partial charge is 0.367 e. The topological polar surface area (TPSA) is 86.3 Å². The lowest BCUT2D eigenvalue weighted by molar-refractivity contribution is 0.0958. The molecule has 4 heterocycles. The first-order chi connectivity index (χ1) is 16.4. The van der Waals surface area contributed by atoms with Gasteiger partial charge in [-0.25, -0.2) is 9.78 Å². The number of H-pyrrole nitrogens is 1. The van der Waals surface area contributed by atoms with Gasteiger partial charge in [-0.2, -0.15) is 0 Å². The lowest BCUT2D eigenvalue weighted by Gasteiger charge is -2.42. The number of carbonyl (C=O) groups is 1. The zero-order valence-electron chi connectivity index (χ0n) is 19.8. The highest BCUT2D eigenvalue weighted by molar-refractivity contribution is 7.71. The van der Waals surface area contributed by atoms with Crippen molar-refractivity contribution < 1.29 is 4.79 Å². The van der Waals surface area contributed by atoms with Crippen LogP contribution in [0.15, 0.2) is 35.1 Å². The smallest absolute Gasteiger partial charge is 0.326 e. The molecular formula is C25H30N6O2S. The van der Waals surface area contributed by atoms with Gasteiger partial charge < -0.3 is 15.2 Å². The van der Waals surface area contributed by atoms with Gasteiger partial charge in [0.25, 0.3) is 5.91 Å². The van der Waals surface area contributed by atoms with E-state index in [4.69, 9.17) is 12.2 Å². The van der Waals surface area contributed by atoms with E-state index >= 15 is 0 Å². The summed E-state index contributed by atoms with van der Waals surface area (Å²) in [6.45, 7) is 7.19. The van der Waals surface area contributed by atoms with E-state index in [1.165, 1.54) is 18.4 Å². The molecule has 2 aliphatic heterocycles. The maximum absolute atomic E-state index is 12.4. The Morgan fingerprint density at radius 2 is 1.94 bits per heavy atom. The second kappa shape index (κ2) is 8.96. The average Bonchev–Trinajstić information content (AvgIpc) is 3.05. The molecule has 3 aromatic rings. The molecule has 2 saturated heterocycles. The Hall–Kier alpha value is -3.04. The molecule has 178 valence electrons. The zero-order chi connectivity index (χ0) is 24.0. The van der Waals surface area contributed by atoms with Crippen molar-refractivity contribution in [2.75, 3.05) is 25.0 Å². The van der Waals surface area contributed by atoms with Crippen LogP contribution < -0.4 is 15.9 Å². The van der Waals surface area contributed by atoms with Gasteiger partial charge in [-0.3, -0.25) is 14.3 Å². The minimum atomic E-state index is -0.163. The summed E-state index contributed by atoms with van der Waals surface area (Å²) in [4.78, 5) is 36.8. The summed E-state index contributed by atoms with van der Waals surface area (Å²) in [6, 6.07) is 11.0.